The van der Waals surface area contributed by atoms with E-state index in [-0.39, 0.29) is 5.97 Å². The summed E-state index contributed by atoms with van der Waals surface area (Å²) in [4.78, 5) is 16.3. The minimum absolute atomic E-state index is 0.354. The number of nitrogens with zero attached hydrogens (tertiary/aromatic N) is 1. The first-order valence-corrected chi connectivity index (χ1v) is 6.43. The standard InChI is InChI=1S/C16H15NO3/c1-16(2,3)20-15(18)11-7-10-5-4-6-12-14(10)13(8-11)19-9-17-12/h4-9H,1-3H3. The molecule has 0 amide bonds. The molecule has 0 radical (unpaired) electrons. The van der Waals surface area contributed by atoms with E-state index < -0.39 is 5.60 Å². The SMILES string of the molecule is CC(C)(C)OC(=O)c1cc2c3c(cccc3c1)N=CO2. The predicted molar refractivity (Wildman–Crippen MR) is 77.9 cm³/mol. The molecule has 0 saturated carbocycles. The second kappa shape index (κ2) is 4.34. The van der Waals surface area contributed by atoms with Gasteiger partial charge in [-0.3, -0.25) is 0 Å². The minimum atomic E-state index is -0.520. The minimum Gasteiger partial charge on any atom is -0.456 e. The zero-order valence-corrected chi connectivity index (χ0v) is 11.6. The Morgan fingerprint density at radius 1 is 1.25 bits per heavy atom. The smallest absolute Gasteiger partial charge is 0.338 e. The van der Waals surface area contributed by atoms with Crippen LogP contribution in [0.4, 0.5) is 5.69 Å². The van der Waals surface area contributed by atoms with Gasteiger partial charge in [0.2, 0.25) is 0 Å². The van der Waals surface area contributed by atoms with Gasteiger partial charge in [-0.05, 0) is 44.4 Å². The van der Waals surface area contributed by atoms with E-state index in [1.165, 1.54) is 6.40 Å². The fraction of sp³-hybridized carbons (Fsp3) is 0.250. The molecule has 0 unspecified atom stereocenters. The fourth-order valence-electron chi connectivity index (χ4n) is 2.16. The van der Waals surface area contributed by atoms with Crippen molar-refractivity contribution in [3.63, 3.8) is 0 Å². The van der Waals surface area contributed by atoms with Crippen molar-refractivity contribution in [3.8, 4) is 5.75 Å². The van der Waals surface area contributed by atoms with Crippen LogP contribution in [0.2, 0.25) is 0 Å². The van der Waals surface area contributed by atoms with Crippen LogP contribution in [0, 0.1) is 0 Å². The van der Waals surface area contributed by atoms with Gasteiger partial charge in [0, 0.05) is 0 Å². The van der Waals surface area contributed by atoms with Crippen LogP contribution < -0.4 is 4.74 Å². The summed E-state index contributed by atoms with van der Waals surface area (Å²) in [7, 11) is 0. The lowest BCUT2D eigenvalue weighted by molar-refractivity contribution is 0.00694. The van der Waals surface area contributed by atoms with E-state index in [1.807, 2.05) is 39.0 Å². The van der Waals surface area contributed by atoms with E-state index >= 15 is 0 Å². The molecule has 0 aromatic heterocycles. The molecule has 0 atom stereocenters. The average Bonchev–Trinajstić information content (AvgIpc) is 2.37. The molecule has 1 heterocycles. The average molecular weight is 269 g/mol. The zero-order chi connectivity index (χ0) is 14.3. The normalized spacial score (nSPS) is 13.2. The molecule has 0 N–H and O–H groups in total. The molecule has 0 bridgehead atoms. The maximum Gasteiger partial charge on any atom is 0.338 e. The van der Waals surface area contributed by atoms with E-state index in [4.69, 9.17) is 9.47 Å². The van der Waals surface area contributed by atoms with Crippen LogP contribution in [-0.4, -0.2) is 18.0 Å². The van der Waals surface area contributed by atoms with Gasteiger partial charge in [-0.2, -0.15) is 0 Å². The third-order valence-electron chi connectivity index (χ3n) is 2.92. The number of aliphatic imine (C=N–C) groups is 1. The molecule has 4 heteroatoms. The molecular formula is C16H15NO3. The Kier molecular flexibility index (Phi) is 2.74. The Balaban J connectivity index is 2.10. The van der Waals surface area contributed by atoms with Gasteiger partial charge in [0.1, 0.15) is 11.4 Å². The number of hydrogen-bond acceptors (Lipinski definition) is 4. The predicted octanol–water partition coefficient (Wildman–Crippen LogP) is 3.85. The highest BCUT2D eigenvalue weighted by Crippen LogP contribution is 2.37. The van der Waals surface area contributed by atoms with Crippen molar-refractivity contribution in [2.75, 3.05) is 0 Å². The Morgan fingerprint density at radius 3 is 2.80 bits per heavy atom. The molecule has 1 aliphatic rings. The Bertz CT molecular complexity index is 726. The molecule has 0 saturated heterocycles. The van der Waals surface area contributed by atoms with Gasteiger partial charge in [-0.15, -0.1) is 0 Å². The van der Waals surface area contributed by atoms with Crippen LogP contribution in [-0.2, 0) is 4.74 Å². The fourth-order valence-corrected chi connectivity index (χ4v) is 2.16. The first kappa shape index (κ1) is 12.7. The van der Waals surface area contributed by atoms with Crippen LogP contribution in [0.15, 0.2) is 35.3 Å². The largest absolute Gasteiger partial charge is 0.456 e. The highest BCUT2D eigenvalue weighted by molar-refractivity contribution is 6.05. The summed E-state index contributed by atoms with van der Waals surface area (Å²) in [6.07, 6.45) is 1.38. The Labute approximate surface area is 117 Å². The first-order chi connectivity index (χ1) is 9.44. The molecule has 2 aromatic carbocycles. The van der Waals surface area contributed by atoms with Crippen LogP contribution in [0.3, 0.4) is 0 Å². The molecular weight excluding hydrogens is 254 g/mol. The van der Waals surface area contributed by atoms with Crippen molar-refractivity contribution in [2.45, 2.75) is 26.4 Å². The van der Waals surface area contributed by atoms with E-state index in [9.17, 15) is 4.79 Å². The molecule has 3 rings (SSSR count). The van der Waals surface area contributed by atoms with Gasteiger partial charge < -0.3 is 9.47 Å². The first-order valence-electron chi connectivity index (χ1n) is 6.43. The van der Waals surface area contributed by atoms with Crippen LogP contribution in [0.1, 0.15) is 31.1 Å². The maximum absolute atomic E-state index is 12.2. The van der Waals surface area contributed by atoms with E-state index in [1.54, 1.807) is 12.1 Å². The van der Waals surface area contributed by atoms with E-state index in [2.05, 4.69) is 4.99 Å². The van der Waals surface area contributed by atoms with Crippen molar-refractivity contribution in [2.24, 2.45) is 4.99 Å². The quantitative estimate of drug-likeness (QED) is 0.739. The summed E-state index contributed by atoms with van der Waals surface area (Å²) in [6.45, 7) is 5.53. The number of benzene rings is 2. The van der Waals surface area contributed by atoms with Gasteiger partial charge in [0.05, 0.1) is 16.6 Å². The molecule has 1 aliphatic heterocycles. The topological polar surface area (TPSA) is 47.9 Å². The summed E-state index contributed by atoms with van der Waals surface area (Å²) < 4.78 is 10.8. The third kappa shape index (κ3) is 2.25. The zero-order valence-electron chi connectivity index (χ0n) is 11.6. The highest BCUT2D eigenvalue weighted by atomic mass is 16.6. The lowest BCUT2D eigenvalue weighted by Gasteiger charge is -2.20. The molecule has 0 aliphatic carbocycles. The van der Waals surface area contributed by atoms with Gasteiger partial charge in [0.25, 0.3) is 0 Å². The summed E-state index contributed by atoms with van der Waals surface area (Å²) in [5, 5.41) is 1.83. The van der Waals surface area contributed by atoms with Crippen LogP contribution >= 0.6 is 0 Å². The molecule has 2 aromatic rings. The van der Waals surface area contributed by atoms with Gasteiger partial charge in [-0.25, -0.2) is 9.79 Å². The summed E-state index contributed by atoms with van der Waals surface area (Å²) in [5.41, 5.74) is 0.808. The van der Waals surface area contributed by atoms with Crippen LogP contribution in [0.5, 0.6) is 5.75 Å². The van der Waals surface area contributed by atoms with Crippen LogP contribution in [0.25, 0.3) is 10.8 Å². The monoisotopic (exact) mass is 269 g/mol. The molecule has 0 spiro atoms. The maximum atomic E-state index is 12.2. The second-order valence-electron chi connectivity index (χ2n) is 5.70. The van der Waals surface area contributed by atoms with E-state index in [0.29, 0.717) is 11.3 Å². The summed E-state index contributed by atoms with van der Waals surface area (Å²) in [5.74, 6) is 0.279. The van der Waals surface area contributed by atoms with E-state index in [0.717, 1.165) is 16.5 Å². The highest BCUT2D eigenvalue weighted by Gasteiger charge is 2.20. The van der Waals surface area contributed by atoms with Crippen molar-refractivity contribution in [3.05, 3.63) is 35.9 Å². The summed E-state index contributed by atoms with van der Waals surface area (Å²) >= 11 is 0. The molecule has 20 heavy (non-hydrogen) atoms. The number of carbonyl (C=O) groups is 1. The number of hydrogen-bond donors (Lipinski definition) is 0. The van der Waals surface area contributed by atoms with Crippen molar-refractivity contribution < 1.29 is 14.3 Å². The Morgan fingerprint density at radius 2 is 2.05 bits per heavy atom. The second-order valence-corrected chi connectivity index (χ2v) is 5.70. The Hall–Kier alpha value is -2.36. The number of esters is 1. The lowest BCUT2D eigenvalue weighted by Crippen LogP contribution is -2.23. The third-order valence-corrected chi connectivity index (χ3v) is 2.92. The van der Waals surface area contributed by atoms with Crippen molar-refractivity contribution in [1.29, 1.82) is 0 Å². The number of carbonyl (C=O) groups excluding carboxylic acids is 1. The molecule has 0 fully saturated rings. The number of rotatable bonds is 1. The van der Waals surface area contributed by atoms with Crippen molar-refractivity contribution in [1.82, 2.24) is 0 Å². The van der Waals surface area contributed by atoms with Gasteiger partial charge in [0.15, 0.2) is 6.40 Å². The summed E-state index contributed by atoms with van der Waals surface area (Å²) in [6, 6.07) is 9.26. The van der Waals surface area contributed by atoms with Gasteiger partial charge in [-0.1, -0.05) is 12.1 Å². The van der Waals surface area contributed by atoms with Crippen molar-refractivity contribution >= 4 is 28.8 Å². The lowest BCUT2D eigenvalue weighted by atomic mass is 10.0. The van der Waals surface area contributed by atoms with Gasteiger partial charge >= 0.3 is 5.97 Å². The molecule has 4 nitrogen and oxygen atoms in total. The molecule has 102 valence electrons. The number of ether oxygens (including phenoxy) is 2.